The summed E-state index contributed by atoms with van der Waals surface area (Å²) < 4.78 is 0. The number of nitrogens with zero attached hydrogens (tertiary/aromatic N) is 1. The van der Waals surface area contributed by atoms with Crippen molar-refractivity contribution < 1.29 is 14.7 Å². The first-order chi connectivity index (χ1) is 9.08. The Kier molecular flexibility index (Phi) is 3.61. The third kappa shape index (κ3) is 2.98. The summed E-state index contributed by atoms with van der Waals surface area (Å²) in [5, 5.41) is 18.1. The van der Waals surface area contributed by atoms with Crippen molar-refractivity contribution in [3.05, 3.63) is 53.3 Å². The van der Waals surface area contributed by atoms with E-state index in [9.17, 15) is 14.7 Å². The molecule has 6 heteroatoms. The van der Waals surface area contributed by atoms with Gasteiger partial charge in [0.05, 0.1) is 0 Å². The van der Waals surface area contributed by atoms with Crippen molar-refractivity contribution in [1.29, 1.82) is 0 Å². The van der Waals surface area contributed by atoms with Gasteiger partial charge < -0.3 is 10.4 Å². The number of aliphatic carboxylic acids is 1. The third-order valence-electron chi connectivity index (χ3n) is 2.59. The van der Waals surface area contributed by atoms with Gasteiger partial charge in [-0.05, 0) is 18.6 Å². The number of carbonyl (C=O) groups excluding carboxylic acids is 1. The summed E-state index contributed by atoms with van der Waals surface area (Å²) in [5.41, 5.74) is 1.41. The highest BCUT2D eigenvalue weighted by molar-refractivity contribution is 5.95. The number of hydrogen-bond donors (Lipinski definition) is 3. The molecule has 0 saturated heterocycles. The molecule has 98 valence electrons. The number of carboxylic acids is 1. The first kappa shape index (κ1) is 12.8. The number of rotatable bonds is 4. The summed E-state index contributed by atoms with van der Waals surface area (Å²) >= 11 is 0. The Hall–Kier alpha value is -2.63. The highest BCUT2D eigenvalue weighted by Gasteiger charge is 2.23. The van der Waals surface area contributed by atoms with Crippen LogP contribution in [0, 0.1) is 6.92 Å². The van der Waals surface area contributed by atoms with E-state index in [1.165, 1.54) is 0 Å². The summed E-state index contributed by atoms with van der Waals surface area (Å²) in [7, 11) is 0. The van der Waals surface area contributed by atoms with Gasteiger partial charge in [0.25, 0.3) is 5.91 Å². The lowest BCUT2D eigenvalue weighted by molar-refractivity contribution is -0.139. The van der Waals surface area contributed by atoms with Crippen molar-refractivity contribution in [1.82, 2.24) is 15.5 Å². The summed E-state index contributed by atoms with van der Waals surface area (Å²) in [5.74, 6) is -1.65. The first-order valence-corrected chi connectivity index (χ1v) is 5.68. The van der Waals surface area contributed by atoms with Gasteiger partial charge in [0.1, 0.15) is 5.69 Å². The van der Waals surface area contributed by atoms with E-state index in [0.717, 1.165) is 5.69 Å². The van der Waals surface area contributed by atoms with Crippen LogP contribution in [0.1, 0.15) is 27.8 Å². The Balaban J connectivity index is 2.18. The second kappa shape index (κ2) is 5.34. The van der Waals surface area contributed by atoms with E-state index in [1.54, 1.807) is 43.3 Å². The predicted molar refractivity (Wildman–Crippen MR) is 67.6 cm³/mol. The molecule has 1 amide bonds. The van der Waals surface area contributed by atoms with Crippen LogP contribution >= 0.6 is 0 Å². The fourth-order valence-electron chi connectivity index (χ4n) is 1.67. The summed E-state index contributed by atoms with van der Waals surface area (Å²) in [6.07, 6.45) is 0. The van der Waals surface area contributed by atoms with Gasteiger partial charge in [-0.15, -0.1) is 0 Å². The lowest BCUT2D eigenvalue weighted by atomic mass is 10.1. The van der Waals surface area contributed by atoms with Crippen LogP contribution in [0.3, 0.4) is 0 Å². The van der Waals surface area contributed by atoms with Crippen LogP contribution in [-0.2, 0) is 4.79 Å². The summed E-state index contributed by atoms with van der Waals surface area (Å²) in [6.45, 7) is 1.76. The van der Waals surface area contributed by atoms with Gasteiger partial charge in [0.15, 0.2) is 6.04 Å². The number of amides is 1. The summed E-state index contributed by atoms with van der Waals surface area (Å²) in [6, 6.07) is 8.97. The van der Waals surface area contributed by atoms with Crippen molar-refractivity contribution in [3.63, 3.8) is 0 Å². The average molecular weight is 259 g/mol. The van der Waals surface area contributed by atoms with Crippen LogP contribution in [-0.4, -0.2) is 27.2 Å². The minimum atomic E-state index is -1.12. The lowest BCUT2D eigenvalue weighted by Gasteiger charge is -2.13. The van der Waals surface area contributed by atoms with Gasteiger partial charge in [0.2, 0.25) is 0 Å². The van der Waals surface area contributed by atoms with Crippen LogP contribution in [0.4, 0.5) is 0 Å². The van der Waals surface area contributed by atoms with Crippen LogP contribution in [0.5, 0.6) is 0 Å². The Morgan fingerprint density at radius 1 is 1.32 bits per heavy atom. The molecule has 0 saturated carbocycles. The first-order valence-electron chi connectivity index (χ1n) is 5.68. The topological polar surface area (TPSA) is 95.1 Å². The highest BCUT2D eigenvalue weighted by Crippen LogP contribution is 2.13. The number of H-pyrrole nitrogens is 1. The number of aryl methyl sites for hydroxylation is 1. The molecule has 2 aromatic rings. The van der Waals surface area contributed by atoms with Crippen LogP contribution in [0.15, 0.2) is 36.4 Å². The number of aromatic nitrogens is 2. The molecular formula is C13H13N3O3. The maximum atomic E-state index is 11.9. The molecule has 0 radical (unpaired) electrons. The van der Waals surface area contributed by atoms with Gasteiger partial charge >= 0.3 is 5.97 Å². The van der Waals surface area contributed by atoms with Crippen molar-refractivity contribution >= 4 is 11.9 Å². The molecule has 1 atom stereocenters. The van der Waals surface area contributed by atoms with Gasteiger partial charge in [-0.1, -0.05) is 30.3 Å². The van der Waals surface area contributed by atoms with E-state index in [0.29, 0.717) is 5.56 Å². The highest BCUT2D eigenvalue weighted by atomic mass is 16.4. The second-order valence-corrected chi connectivity index (χ2v) is 4.09. The number of nitrogens with one attached hydrogen (secondary N) is 2. The van der Waals surface area contributed by atoms with E-state index in [1.807, 2.05) is 0 Å². The van der Waals surface area contributed by atoms with Gasteiger partial charge in [-0.3, -0.25) is 9.89 Å². The van der Waals surface area contributed by atoms with Crippen LogP contribution in [0.25, 0.3) is 0 Å². The zero-order chi connectivity index (χ0) is 13.8. The van der Waals surface area contributed by atoms with Crippen molar-refractivity contribution in [3.8, 4) is 0 Å². The Morgan fingerprint density at radius 3 is 2.53 bits per heavy atom. The minimum absolute atomic E-state index is 0.166. The van der Waals surface area contributed by atoms with Gasteiger partial charge in [-0.2, -0.15) is 5.10 Å². The standard InChI is InChI=1S/C13H13N3O3/c1-8-7-10(16-15-8)12(17)14-11(13(18)19)9-5-3-2-4-6-9/h2-7,11H,1H3,(H,14,17)(H,15,16)(H,18,19)/t11-/m0/s1. The number of carbonyl (C=O) groups is 2. The molecular weight excluding hydrogens is 246 g/mol. The van der Waals surface area contributed by atoms with E-state index < -0.39 is 17.9 Å². The molecule has 0 aliphatic heterocycles. The smallest absolute Gasteiger partial charge is 0.330 e. The molecule has 19 heavy (non-hydrogen) atoms. The molecule has 3 N–H and O–H groups in total. The predicted octanol–water partition coefficient (Wildman–Crippen LogP) is 1.27. The molecule has 1 aromatic carbocycles. The van der Waals surface area contributed by atoms with E-state index in [2.05, 4.69) is 15.5 Å². The normalized spacial score (nSPS) is 11.8. The quantitative estimate of drug-likeness (QED) is 0.770. The maximum absolute atomic E-state index is 11.9. The molecule has 2 rings (SSSR count). The average Bonchev–Trinajstić information content (AvgIpc) is 2.83. The molecule has 0 bridgehead atoms. The zero-order valence-corrected chi connectivity index (χ0v) is 10.3. The number of aromatic amines is 1. The number of carboxylic acid groups (broad SMARTS) is 1. The lowest BCUT2D eigenvalue weighted by Crippen LogP contribution is -2.33. The number of hydrogen-bond acceptors (Lipinski definition) is 3. The second-order valence-electron chi connectivity index (χ2n) is 4.09. The van der Waals surface area contributed by atoms with Crippen molar-refractivity contribution in [2.75, 3.05) is 0 Å². The molecule has 1 heterocycles. The fraction of sp³-hybridized carbons (Fsp3) is 0.154. The Bertz CT molecular complexity index is 592. The van der Waals surface area contributed by atoms with Crippen molar-refractivity contribution in [2.45, 2.75) is 13.0 Å². The monoisotopic (exact) mass is 259 g/mol. The van der Waals surface area contributed by atoms with E-state index in [4.69, 9.17) is 0 Å². The van der Waals surface area contributed by atoms with Gasteiger partial charge in [0, 0.05) is 5.69 Å². The SMILES string of the molecule is Cc1cc(C(=O)N[C@H](C(=O)O)c2ccccc2)n[nH]1. The molecule has 0 fully saturated rings. The fourth-order valence-corrected chi connectivity index (χ4v) is 1.67. The molecule has 0 spiro atoms. The minimum Gasteiger partial charge on any atom is -0.479 e. The van der Waals surface area contributed by atoms with E-state index >= 15 is 0 Å². The molecule has 0 unspecified atom stereocenters. The summed E-state index contributed by atoms with van der Waals surface area (Å²) in [4.78, 5) is 23.1. The third-order valence-corrected chi connectivity index (χ3v) is 2.59. The van der Waals surface area contributed by atoms with Gasteiger partial charge in [-0.25, -0.2) is 4.79 Å². The van der Waals surface area contributed by atoms with Crippen LogP contribution in [0.2, 0.25) is 0 Å². The maximum Gasteiger partial charge on any atom is 0.330 e. The van der Waals surface area contributed by atoms with Crippen LogP contribution < -0.4 is 5.32 Å². The van der Waals surface area contributed by atoms with Crippen molar-refractivity contribution in [2.24, 2.45) is 0 Å². The number of benzene rings is 1. The molecule has 0 aliphatic carbocycles. The largest absolute Gasteiger partial charge is 0.479 e. The zero-order valence-electron chi connectivity index (χ0n) is 10.3. The Morgan fingerprint density at radius 2 is 2.00 bits per heavy atom. The Labute approximate surface area is 109 Å². The van der Waals surface area contributed by atoms with E-state index in [-0.39, 0.29) is 5.69 Å². The molecule has 0 aliphatic rings. The molecule has 1 aromatic heterocycles. The molecule has 6 nitrogen and oxygen atoms in total.